The van der Waals surface area contributed by atoms with Gasteiger partial charge in [0.2, 0.25) is 0 Å². The van der Waals surface area contributed by atoms with Crippen molar-refractivity contribution in [2.75, 3.05) is 26.9 Å². The largest absolute Gasteiger partial charge is 0.490 e. The van der Waals surface area contributed by atoms with E-state index in [0.717, 1.165) is 23.5 Å². The average Bonchev–Trinajstić information content (AvgIpc) is 2.56. The highest BCUT2D eigenvalue weighted by Gasteiger charge is 2.30. The number of hydrogen-bond acceptors (Lipinski definition) is 4. The molecule has 23 heavy (non-hydrogen) atoms. The zero-order valence-corrected chi connectivity index (χ0v) is 14.9. The molecule has 0 spiro atoms. The van der Waals surface area contributed by atoms with Crippen LogP contribution >= 0.6 is 0 Å². The Kier molecular flexibility index (Phi) is 7.89. The smallest absolute Gasteiger partial charge is 0.251 e. The minimum Gasteiger partial charge on any atom is -0.490 e. The minimum absolute atomic E-state index is 0.0848. The van der Waals surface area contributed by atoms with Crippen molar-refractivity contribution in [2.24, 2.45) is 0 Å². The lowest BCUT2D eigenvalue weighted by atomic mass is 10.0. The van der Waals surface area contributed by atoms with Gasteiger partial charge >= 0.3 is 0 Å². The molecule has 0 fully saturated rings. The first-order valence-electron chi connectivity index (χ1n) is 8.22. The maximum Gasteiger partial charge on any atom is 0.251 e. The first-order chi connectivity index (χ1) is 11.0. The Labute approximate surface area is 139 Å². The van der Waals surface area contributed by atoms with E-state index in [2.05, 4.69) is 5.32 Å². The van der Waals surface area contributed by atoms with E-state index in [4.69, 9.17) is 14.2 Å². The van der Waals surface area contributed by atoms with Gasteiger partial charge < -0.3 is 19.5 Å². The molecule has 0 radical (unpaired) electrons. The summed E-state index contributed by atoms with van der Waals surface area (Å²) >= 11 is 0. The molecule has 1 amide bonds. The third-order valence-electron chi connectivity index (χ3n) is 3.91. The number of rotatable bonds is 10. The summed E-state index contributed by atoms with van der Waals surface area (Å²) in [6.45, 7) is 9.36. The zero-order chi connectivity index (χ0) is 17.3. The van der Waals surface area contributed by atoms with Crippen molar-refractivity contribution in [3.63, 3.8) is 0 Å². The predicted octanol–water partition coefficient (Wildman–Crippen LogP) is 2.96. The summed E-state index contributed by atoms with van der Waals surface area (Å²) in [5.74, 6) is 1.41. The molecule has 0 heterocycles. The highest BCUT2D eigenvalue weighted by molar-refractivity contribution is 5.84. The van der Waals surface area contributed by atoms with Gasteiger partial charge in [0.15, 0.2) is 11.5 Å². The second-order valence-electron chi connectivity index (χ2n) is 5.44. The number of amides is 1. The fourth-order valence-electron chi connectivity index (χ4n) is 2.16. The van der Waals surface area contributed by atoms with Crippen LogP contribution in [0.15, 0.2) is 18.2 Å². The van der Waals surface area contributed by atoms with E-state index in [1.54, 1.807) is 14.0 Å². The molecule has 1 unspecified atom stereocenters. The third kappa shape index (κ3) is 5.43. The van der Waals surface area contributed by atoms with Gasteiger partial charge in [0.1, 0.15) is 5.60 Å². The lowest BCUT2D eigenvalue weighted by Gasteiger charge is -2.25. The summed E-state index contributed by atoms with van der Waals surface area (Å²) < 4.78 is 16.5. The topological polar surface area (TPSA) is 56.8 Å². The molecule has 0 bridgehead atoms. The van der Waals surface area contributed by atoms with Crippen LogP contribution in [0.2, 0.25) is 0 Å². The zero-order valence-electron chi connectivity index (χ0n) is 14.9. The number of methoxy groups -OCH3 is 1. The van der Waals surface area contributed by atoms with Crippen LogP contribution in [0.4, 0.5) is 0 Å². The quantitative estimate of drug-likeness (QED) is 0.719. The van der Waals surface area contributed by atoms with Gasteiger partial charge in [-0.05, 0) is 51.3 Å². The van der Waals surface area contributed by atoms with Crippen LogP contribution in [-0.4, -0.2) is 38.4 Å². The Balaban J connectivity index is 2.64. The van der Waals surface area contributed by atoms with E-state index < -0.39 is 5.60 Å². The number of carbonyl (C=O) groups is 1. The standard InChI is InChI=1S/C18H29NO4/c1-6-18(4,21-5)17(20)19-12-11-14-9-10-15(22-7-2)16(13-14)23-8-3/h9-10,13H,6-8,11-12H2,1-5H3,(H,19,20). The van der Waals surface area contributed by atoms with Crippen molar-refractivity contribution < 1.29 is 19.0 Å². The summed E-state index contributed by atoms with van der Waals surface area (Å²) in [4.78, 5) is 12.1. The Hall–Kier alpha value is -1.75. The molecule has 0 saturated heterocycles. The summed E-state index contributed by atoms with van der Waals surface area (Å²) in [6.07, 6.45) is 1.36. The van der Waals surface area contributed by atoms with E-state index >= 15 is 0 Å². The maximum atomic E-state index is 12.1. The second kappa shape index (κ2) is 9.40. The number of benzene rings is 1. The number of nitrogens with one attached hydrogen (secondary N) is 1. The van der Waals surface area contributed by atoms with Crippen molar-refractivity contribution in [1.29, 1.82) is 0 Å². The molecule has 0 aliphatic rings. The highest BCUT2D eigenvalue weighted by Crippen LogP contribution is 2.28. The maximum absolute atomic E-state index is 12.1. The number of hydrogen-bond donors (Lipinski definition) is 1. The van der Waals surface area contributed by atoms with Gasteiger partial charge in [-0.1, -0.05) is 13.0 Å². The Morgan fingerprint density at radius 1 is 1.13 bits per heavy atom. The Morgan fingerprint density at radius 3 is 2.35 bits per heavy atom. The van der Waals surface area contributed by atoms with Gasteiger partial charge in [0.05, 0.1) is 13.2 Å². The fourth-order valence-corrected chi connectivity index (χ4v) is 2.16. The van der Waals surface area contributed by atoms with Gasteiger partial charge in [0.25, 0.3) is 5.91 Å². The molecule has 1 aromatic rings. The monoisotopic (exact) mass is 323 g/mol. The van der Waals surface area contributed by atoms with E-state index in [-0.39, 0.29) is 5.91 Å². The molecule has 0 aliphatic heterocycles. The van der Waals surface area contributed by atoms with Crippen molar-refractivity contribution >= 4 is 5.91 Å². The van der Waals surface area contributed by atoms with Crippen molar-refractivity contribution in [1.82, 2.24) is 5.32 Å². The van der Waals surface area contributed by atoms with E-state index in [9.17, 15) is 4.79 Å². The lowest BCUT2D eigenvalue weighted by molar-refractivity contribution is -0.141. The average molecular weight is 323 g/mol. The van der Waals surface area contributed by atoms with Crippen LogP contribution in [0, 0.1) is 0 Å². The molecule has 1 atom stereocenters. The predicted molar refractivity (Wildman–Crippen MR) is 91.2 cm³/mol. The van der Waals surface area contributed by atoms with Crippen LogP contribution < -0.4 is 14.8 Å². The molecule has 1 rings (SSSR count). The van der Waals surface area contributed by atoms with Crippen LogP contribution in [0.1, 0.15) is 39.7 Å². The van der Waals surface area contributed by atoms with Gasteiger partial charge in [-0.25, -0.2) is 0 Å². The van der Waals surface area contributed by atoms with Crippen molar-refractivity contribution in [2.45, 2.75) is 46.1 Å². The van der Waals surface area contributed by atoms with E-state index in [1.165, 1.54) is 0 Å². The first-order valence-corrected chi connectivity index (χ1v) is 8.22. The van der Waals surface area contributed by atoms with E-state index in [0.29, 0.717) is 26.2 Å². The number of ether oxygens (including phenoxy) is 3. The van der Waals surface area contributed by atoms with Crippen LogP contribution in [0.3, 0.4) is 0 Å². The first kappa shape index (κ1) is 19.3. The third-order valence-corrected chi connectivity index (χ3v) is 3.91. The molecule has 1 N–H and O–H groups in total. The number of carbonyl (C=O) groups excluding carboxylic acids is 1. The molecule has 5 heteroatoms. The molecule has 130 valence electrons. The SMILES string of the molecule is CCOc1ccc(CCNC(=O)C(C)(CC)OC)cc1OCC. The highest BCUT2D eigenvalue weighted by atomic mass is 16.5. The molecule has 5 nitrogen and oxygen atoms in total. The summed E-state index contributed by atoms with van der Waals surface area (Å²) in [7, 11) is 1.56. The normalized spacial score (nSPS) is 13.3. The van der Waals surface area contributed by atoms with Crippen LogP contribution in [0.25, 0.3) is 0 Å². The molecule has 0 aliphatic carbocycles. The van der Waals surface area contributed by atoms with Gasteiger partial charge in [0, 0.05) is 13.7 Å². The van der Waals surface area contributed by atoms with Crippen molar-refractivity contribution in [3.8, 4) is 11.5 Å². The minimum atomic E-state index is -0.769. The van der Waals surface area contributed by atoms with E-state index in [1.807, 2.05) is 39.0 Å². The van der Waals surface area contributed by atoms with Crippen molar-refractivity contribution in [3.05, 3.63) is 23.8 Å². The van der Waals surface area contributed by atoms with Gasteiger partial charge in [-0.3, -0.25) is 4.79 Å². The van der Waals surface area contributed by atoms with Gasteiger partial charge in [-0.2, -0.15) is 0 Å². The molecule has 1 aromatic carbocycles. The Bertz CT molecular complexity index is 498. The summed E-state index contributed by atoms with van der Waals surface area (Å²) in [6, 6.07) is 5.88. The Morgan fingerprint density at radius 2 is 1.78 bits per heavy atom. The molecule has 0 aromatic heterocycles. The lowest BCUT2D eigenvalue weighted by Crippen LogP contribution is -2.46. The fraction of sp³-hybridized carbons (Fsp3) is 0.611. The van der Waals surface area contributed by atoms with Crippen LogP contribution in [-0.2, 0) is 16.0 Å². The summed E-state index contributed by atoms with van der Waals surface area (Å²) in [5.41, 5.74) is 0.322. The van der Waals surface area contributed by atoms with Gasteiger partial charge in [-0.15, -0.1) is 0 Å². The molecular weight excluding hydrogens is 294 g/mol. The molecule has 0 saturated carbocycles. The van der Waals surface area contributed by atoms with Crippen LogP contribution in [0.5, 0.6) is 11.5 Å². The molecular formula is C18H29NO4. The second-order valence-corrected chi connectivity index (χ2v) is 5.44. The summed E-state index contributed by atoms with van der Waals surface area (Å²) in [5, 5.41) is 2.93.